The lowest BCUT2D eigenvalue weighted by Crippen LogP contribution is -1.92. The normalized spacial score (nSPS) is 9.18. The minimum Gasteiger partial charge on any atom is -0.271 e. The van der Waals surface area contributed by atoms with E-state index in [0.717, 1.165) is 11.3 Å². The molecule has 1 aromatic heterocycles. The topological polar surface area (TPSA) is 41.6 Å². The van der Waals surface area contributed by atoms with Gasteiger partial charge in [0.15, 0.2) is 5.69 Å². The van der Waals surface area contributed by atoms with Crippen LogP contribution in [0.5, 0.6) is 0 Å². The molecule has 0 aliphatic rings. The molecule has 0 aromatic carbocycles. The van der Waals surface area contributed by atoms with Gasteiger partial charge in [-0.2, -0.15) is 10.4 Å². The largest absolute Gasteiger partial charge is 0.271 e. The number of hydrogen-bond donors (Lipinski definition) is 0. The van der Waals surface area contributed by atoms with Crippen molar-refractivity contribution in [1.29, 1.82) is 5.26 Å². The van der Waals surface area contributed by atoms with E-state index >= 15 is 0 Å². The molecule has 3 nitrogen and oxygen atoms in total. The number of rotatable bonds is 1. The maximum absolute atomic E-state index is 8.61. The molecule has 1 aromatic rings. The third-order valence-corrected chi connectivity index (χ3v) is 1.69. The molecule has 11 heavy (non-hydrogen) atoms. The molecule has 0 amide bonds. The van der Waals surface area contributed by atoms with Gasteiger partial charge in [0, 0.05) is 18.3 Å². The van der Waals surface area contributed by atoms with Crippen molar-refractivity contribution >= 4 is 6.08 Å². The summed E-state index contributed by atoms with van der Waals surface area (Å²) in [6.07, 6.45) is 1.65. The molecular weight excluding hydrogens is 138 g/mol. The number of aromatic nitrogens is 2. The van der Waals surface area contributed by atoms with Crippen molar-refractivity contribution in [3.63, 3.8) is 0 Å². The zero-order valence-corrected chi connectivity index (χ0v) is 6.63. The predicted octanol–water partition coefficient (Wildman–Crippen LogP) is 1.24. The van der Waals surface area contributed by atoms with Crippen LogP contribution in [-0.2, 0) is 7.05 Å². The molecule has 1 heterocycles. The molecule has 0 fully saturated rings. The van der Waals surface area contributed by atoms with E-state index in [9.17, 15) is 0 Å². The summed E-state index contributed by atoms with van der Waals surface area (Å²) in [5.41, 5.74) is 2.24. The lowest BCUT2D eigenvalue weighted by atomic mass is 10.2. The maximum atomic E-state index is 8.61. The SMILES string of the molecule is C=Cc1c(C#N)nn(C)c1C. The number of aryl methyl sites for hydroxylation is 1. The van der Waals surface area contributed by atoms with E-state index < -0.39 is 0 Å². The van der Waals surface area contributed by atoms with Gasteiger partial charge in [-0.15, -0.1) is 0 Å². The van der Waals surface area contributed by atoms with E-state index in [2.05, 4.69) is 11.7 Å². The molecule has 56 valence electrons. The summed E-state index contributed by atoms with van der Waals surface area (Å²) in [6.45, 7) is 5.52. The Balaban J connectivity index is 3.41. The fourth-order valence-electron chi connectivity index (χ4n) is 0.952. The Hall–Kier alpha value is -1.56. The van der Waals surface area contributed by atoms with Crippen molar-refractivity contribution < 1.29 is 0 Å². The van der Waals surface area contributed by atoms with Crippen molar-refractivity contribution in [2.24, 2.45) is 7.05 Å². The lowest BCUT2D eigenvalue weighted by molar-refractivity contribution is 0.736. The van der Waals surface area contributed by atoms with Gasteiger partial charge >= 0.3 is 0 Å². The summed E-state index contributed by atoms with van der Waals surface area (Å²) in [7, 11) is 1.81. The Labute approximate surface area is 65.6 Å². The molecule has 0 spiro atoms. The monoisotopic (exact) mass is 147 g/mol. The molecule has 0 aliphatic carbocycles. The second kappa shape index (κ2) is 2.59. The van der Waals surface area contributed by atoms with E-state index in [-0.39, 0.29) is 0 Å². The summed E-state index contributed by atoms with van der Waals surface area (Å²) < 4.78 is 1.68. The minimum absolute atomic E-state index is 0.444. The van der Waals surface area contributed by atoms with Gasteiger partial charge in [-0.1, -0.05) is 12.7 Å². The van der Waals surface area contributed by atoms with Gasteiger partial charge in [0.25, 0.3) is 0 Å². The van der Waals surface area contributed by atoms with Crippen molar-refractivity contribution in [3.8, 4) is 6.07 Å². The summed E-state index contributed by atoms with van der Waals surface area (Å²) >= 11 is 0. The molecule has 0 saturated heterocycles. The quantitative estimate of drug-likeness (QED) is 0.599. The highest BCUT2D eigenvalue weighted by molar-refractivity contribution is 5.56. The zero-order chi connectivity index (χ0) is 8.43. The van der Waals surface area contributed by atoms with Gasteiger partial charge in [-0.05, 0) is 6.92 Å². The fraction of sp³-hybridized carbons (Fsp3) is 0.250. The van der Waals surface area contributed by atoms with E-state index in [1.165, 1.54) is 0 Å². The van der Waals surface area contributed by atoms with Crippen LogP contribution < -0.4 is 0 Å². The van der Waals surface area contributed by atoms with Gasteiger partial charge < -0.3 is 0 Å². The van der Waals surface area contributed by atoms with E-state index in [0.29, 0.717) is 5.69 Å². The second-order valence-corrected chi connectivity index (χ2v) is 2.29. The van der Waals surface area contributed by atoms with Crippen molar-refractivity contribution in [2.45, 2.75) is 6.92 Å². The molecule has 0 atom stereocenters. The Morgan fingerprint density at radius 3 is 2.73 bits per heavy atom. The third-order valence-electron chi connectivity index (χ3n) is 1.69. The van der Waals surface area contributed by atoms with Crippen LogP contribution in [0.2, 0.25) is 0 Å². The lowest BCUT2D eigenvalue weighted by Gasteiger charge is -1.91. The molecule has 0 N–H and O–H groups in total. The number of nitriles is 1. The van der Waals surface area contributed by atoms with Crippen LogP contribution >= 0.6 is 0 Å². The van der Waals surface area contributed by atoms with Crippen LogP contribution in [-0.4, -0.2) is 9.78 Å². The molecular formula is C8H9N3. The van der Waals surface area contributed by atoms with Gasteiger partial charge in [0.2, 0.25) is 0 Å². The highest BCUT2D eigenvalue weighted by Crippen LogP contribution is 2.12. The van der Waals surface area contributed by atoms with Crippen LogP contribution in [0.15, 0.2) is 6.58 Å². The summed E-state index contributed by atoms with van der Waals surface area (Å²) in [6, 6.07) is 2.00. The van der Waals surface area contributed by atoms with Crippen LogP contribution in [0.25, 0.3) is 6.08 Å². The highest BCUT2D eigenvalue weighted by Gasteiger charge is 2.07. The first-order chi connectivity index (χ1) is 5.20. The molecule has 0 unspecified atom stereocenters. The first-order valence-corrected chi connectivity index (χ1v) is 3.26. The van der Waals surface area contributed by atoms with Crippen molar-refractivity contribution in [1.82, 2.24) is 9.78 Å². The highest BCUT2D eigenvalue weighted by atomic mass is 15.3. The summed E-state index contributed by atoms with van der Waals surface area (Å²) in [5.74, 6) is 0. The van der Waals surface area contributed by atoms with E-state index in [1.807, 2.05) is 20.0 Å². The van der Waals surface area contributed by atoms with Gasteiger partial charge in [-0.25, -0.2) is 0 Å². The van der Waals surface area contributed by atoms with Crippen LogP contribution in [0.4, 0.5) is 0 Å². The first kappa shape index (κ1) is 7.55. The van der Waals surface area contributed by atoms with Crippen LogP contribution in [0.1, 0.15) is 17.0 Å². The van der Waals surface area contributed by atoms with Gasteiger partial charge in [-0.3, -0.25) is 4.68 Å². The average molecular weight is 147 g/mol. The second-order valence-electron chi connectivity index (χ2n) is 2.29. The standard InChI is InChI=1S/C8H9N3/c1-4-7-6(2)11(3)10-8(7)5-9/h4H,1H2,2-3H3. The van der Waals surface area contributed by atoms with Gasteiger partial charge in [0.05, 0.1) is 0 Å². The first-order valence-electron chi connectivity index (χ1n) is 3.26. The van der Waals surface area contributed by atoms with Gasteiger partial charge in [0.1, 0.15) is 6.07 Å². The van der Waals surface area contributed by atoms with E-state index in [1.54, 1.807) is 10.8 Å². The fourth-order valence-corrected chi connectivity index (χ4v) is 0.952. The zero-order valence-electron chi connectivity index (χ0n) is 6.63. The van der Waals surface area contributed by atoms with Crippen LogP contribution in [0, 0.1) is 18.3 Å². The Bertz CT molecular complexity index is 328. The molecule has 0 radical (unpaired) electrons. The Kier molecular flexibility index (Phi) is 1.77. The van der Waals surface area contributed by atoms with Crippen molar-refractivity contribution in [2.75, 3.05) is 0 Å². The molecule has 0 bridgehead atoms. The molecule has 0 aliphatic heterocycles. The van der Waals surface area contributed by atoms with E-state index in [4.69, 9.17) is 5.26 Å². The Morgan fingerprint density at radius 1 is 1.73 bits per heavy atom. The molecule has 0 saturated carbocycles. The smallest absolute Gasteiger partial charge is 0.169 e. The molecule has 3 heteroatoms. The predicted molar refractivity (Wildman–Crippen MR) is 42.8 cm³/mol. The maximum Gasteiger partial charge on any atom is 0.169 e. The third kappa shape index (κ3) is 1.03. The van der Waals surface area contributed by atoms with Crippen LogP contribution in [0.3, 0.4) is 0 Å². The number of nitrogens with zero attached hydrogens (tertiary/aromatic N) is 3. The van der Waals surface area contributed by atoms with Crippen molar-refractivity contribution in [3.05, 3.63) is 23.5 Å². The minimum atomic E-state index is 0.444. The average Bonchev–Trinajstić information content (AvgIpc) is 2.28. The summed E-state index contributed by atoms with van der Waals surface area (Å²) in [4.78, 5) is 0. The molecule has 1 rings (SSSR count). The summed E-state index contributed by atoms with van der Waals surface area (Å²) in [5, 5.41) is 12.6. The Morgan fingerprint density at radius 2 is 2.36 bits per heavy atom. The number of hydrogen-bond acceptors (Lipinski definition) is 2.